The Bertz CT molecular complexity index is 153. The molecule has 0 atom stereocenters. The van der Waals surface area contributed by atoms with Gasteiger partial charge in [-0.3, -0.25) is 4.79 Å². The first-order chi connectivity index (χ1) is 4.23. The second-order valence-corrected chi connectivity index (χ2v) is 3.29. The number of nitrogens with one attached hydrogen (secondary N) is 1. The van der Waals surface area contributed by atoms with Crippen molar-refractivity contribution in [2.24, 2.45) is 5.92 Å². The number of carbonyl (C=O) groups is 1. The van der Waals surface area contributed by atoms with Crippen LogP contribution in [0.4, 0.5) is 0 Å². The summed E-state index contributed by atoms with van der Waals surface area (Å²) in [5, 5.41) is 3.26. The number of hydrogen-bond acceptors (Lipinski definition) is 2. The third kappa shape index (κ3) is 0.517. The van der Waals surface area contributed by atoms with Crippen LogP contribution in [-0.2, 0) is 4.79 Å². The van der Waals surface area contributed by atoms with Crippen molar-refractivity contribution in [1.29, 1.82) is 0 Å². The van der Waals surface area contributed by atoms with Crippen molar-refractivity contribution in [1.82, 2.24) is 5.32 Å². The Morgan fingerprint density at radius 1 is 1.67 bits per heavy atom. The zero-order valence-electron chi connectivity index (χ0n) is 5.61. The summed E-state index contributed by atoms with van der Waals surface area (Å²) >= 11 is 0. The van der Waals surface area contributed by atoms with E-state index >= 15 is 0 Å². The highest BCUT2D eigenvalue weighted by Gasteiger charge is 2.53. The van der Waals surface area contributed by atoms with Gasteiger partial charge in [0.05, 0.1) is 5.54 Å². The number of hydrogen-bond donors (Lipinski definition) is 1. The number of Topliss-reactive ketones (excluding diaryl/α,β-unsaturated/α-hetero) is 1. The number of carbonyl (C=O) groups excluding carboxylic acids is 1. The summed E-state index contributed by atoms with van der Waals surface area (Å²) in [6.07, 6.45) is 2.20. The Kier molecular flexibility index (Phi) is 0.826. The molecule has 0 amide bonds. The molecule has 2 aliphatic heterocycles. The van der Waals surface area contributed by atoms with Gasteiger partial charge in [0.15, 0.2) is 0 Å². The lowest BCUT2D eigenvalue weighted by Crippen LogP contribution is -2.49. The van der Waals surface area contributed by atoms with E-state index < -0.39 is 0 Å². The smallest absolute Gasteiger partial charge is 0.149 e. The van der Waals surface area contributed by atoms with E-state index in [4.69, 9.17) is 0 Å². The average Bonchev–Trinajstić information content (AvgIpc) is 2.13. The molecule has 2 heteroatoms. The van der Waals surface area contributed by atoms with E-state index in [1.54, 1.807) is 6.92 Å². The largest absolute Gasteiger partial charge is 0.305 e. The highest BCUT2D eigenvalue weighted by Crippen LogP contribution is 2.43. The van der Waals surface area contributed by atoms with Crippen molar-refractivity contribution in [3.63, 3.8) is 0 Å². The molecule has 2 nitrogen and oxygen atoms in total. The van der Waals surface area contributed by atoms with Crippen LogP contribution in [-0.4, -0.2) is 17.9 Å². The van der Waals surface area contributed by atoms with Gasteiger partial charge in [-0.05, 0) is 32.2 Å². The molecule has 3 fully saturated rings. The van der Waals surface area contributed by atoms with Crippen molar-refractivity contribution in [2.75, 3.05) is 6.54 Å². The van der Waals surface area contributed by atoms with E-state index in [9.17, 15) is 4.79 Å². The molecule has 1 N–H and O–H groups in total. The Labute approximate surface area is 54.6 Å². The first-order valence-electron chi connectivity index (χ1n) is 3.49. The first kappa shape index (κ1) is 5.42. The van der Waals surface area contributed by atoms with Gasteiger partial charge in [-0.2, -0.15) is 0 Å². The van der Waals surface area contributed by atoms with Crippen LogP contribution in [0.2, 0.25) is 0 Å². The summed E-state index contributed by atoms with van der Waals surface area (Å²) in [4.78, 5) is 10.9. The molecule has 0 aromatic heterocycles. The summed E-state index contributed by atoms with van der Waals surface area (Å²) < 4.78 is 0. The van der Waals surface area contributed by atoms with Crippen LogP contribution in [0.1, 0.15) is 19.8 Å². The minimum atomic E-state index is -0.0509. The zero-order valence-corrected chi connectivity index (χ0v) is 5.61. The van der Waals surface area contributed by atoms with Gasteiger partial charge in [-0.15, -0.1) is 0 Å². The predicted molar refractivity (Wildman–Crippen MR) is 34.1 cm³/mol. The lowest BCUT2D eigenvalue weighted by atomic mass is 9.71. The topological polar surface area (TPSA) is 29.1 Å². The molecule has 50 valence electrons. The molecule has 1 saturated carbocycles. The Balaban J connectivity index is 2.19. The zero-order chi connectivity index (χ0) is 6.48. The number of ketones is 1. The van der Waals surface area contributed by atoms with Crippen molar-refractivity contribution >= 4 is 5.78 Å². The first-order valence-corrected chi connectivity index (χ1v) is 3.49. The van der Waals surface area contributed by atoms with Crippen molar-refractivity contribution in [3.8, 4) is 0 Å². The van der Waals surface area contributed by atoms with Gasteiger partial charge in [-0.1, -0.05) is 0 Å². The molecule has 0 unspecified atom stereocenters. The molecule has 2 saturated heterocycles. The molecule has 3 aliphatic rings. The quantitative estimate of drug-likeness (QED) is 0.547. The van der Waals surface area contributed by atoms with Crippen molar-refractivity contribution in [3.05, 3.63) is 0 Å². The lowest BCUT2D eigenvalue weighted by molar-refractivity contribution is -0.125. The maximum atomic E-state index is 10.9. The highest BCUT2D eigenvalue weighted by atomic mass is 16.1. The minimum Gasteiger partial charge on any atom is -0.305 e. The molecular formula is C7H11NO. The van der Waals surface area contributed by atoms with Crippen LogP contribution in [0.15, 0.2) is 0 Å². The summed E-state index contributed by atoms with van der Waals surface area (Å²) in [6, 6.07) is 0. The van der Waals surface area contributed by atoms with Gasteiger partial charge in [0.25, 0.3) is 0 Å². The van der Waals surface area contributed by atoms with E-state index in [-0.39, 0.29) is 5.54 Å². The van der Waals surface area contributed by atoms with E-state index in [0.29, 0.717) is 5.78 Å². The summed E-state index contributed by atoms with van der Waals surface area (Å²) in [5.41, 5.74) is -0.0509. The summed E-state index contributed by atoms with van der Waals surface area (Å²) in [5.74, 6) is 1.14. The maximum Gasteiger partial charge on any atom is 0.149 e. The summed E-state index contributed by atoms with van der Waals surface area (Å²) in [7, 11) is 0. The molecule has 2 heterocycles. The SMILES string of the molecule is CC(=O)C12CC(CN1)C2. The van der Waals surface area contributed by atoms with Crippen LogP contribution < -0.4 is 5.32 Å². The Morgan fingerprint density at radius 2 is 2.33 bits per heavy atom. The van der Waals surface area contributed by atoms with E-state index in [1.807, 2.05) is 0 Å². The average molecular weight is 125 g/mol. The van der Waals surface area contributed by atoms with Crippen molar-refractivity contribution < 1.29 is 4.79 Å². The van der Waals surface area contributed by atoms with E-state index in [0.717, 1.165) is 25.3 Å². The van der Waals surface area contributed by atoms with Crippen LogP contribution in [0.3, 0.4) is 0 Å². The fraction of sp³-hybridized carbons (Fsp3) is 0.857. The second-order valence-electron chi connectivity index (χ2n) is 3.29. The van der Waals surface area contributed by atoms with Crippen LogP contribution in [0.5, 0.6) is 0 Å². The molecule has 2 bridgehead atoms. The third-order valence-corrected chi connectivity index (χ3v) is 2.68. The Morgan fingerprint density at radius 3 is 2.56 bits per heavy atom. The fourth-order valence-corrected chi connectivity index (χ4v) is 1.97. The molecule has 0 spiro atoms. The monoisotopic (exact) mass is 125 g/mol. The van der Waals surface area contributed by atoms with Gasteiger partial charge in [0.1, 0.15) is 5.78 Å². The van der Waals surface area contributed by atoms with Crippen molar-refractivity contribution in [2.45, 2.75) is 25.3 Å². The minimum absolute atomic E-state index is 0.0509. The maximum absolute atomic E-state index is 10.9. The lowest BCUT2D eigenvalue weighted by Gasteiger charge is -2.34. The number of fused-ring (bicyclic) bond motifs is 1. The molecule has 0 radical (unpaired) electrons. The molecule has 9 heavy (non-hydrogen) atoms. The highest BCUT2D eigenvalue weighted by molar-refractivity contribution is 5.88. The van der Waals surface area contributed by atoms with E-state index in [2.05, 4.69) is 5.32 Å². The van der Waals surface area contributed by atoms with Gasteiger partial charge < -0.3 is 5.32 Å². The standard InChI is InChI=1S/C7H11NO/c1-5(9)7-2-6(3-7)4-8-7/h6,8H,2-4H2,1H3. The fourth-order valence-electron chi connectivity index (χ4n) is 1.97. The van der Waals surface area contributed by atoms with Gasteiger partial charge in [0.2, 0.25) is 0 Å². The molecule has 0 aromatic carbocycles. The van der Waals surface area contributed by atoms with Gasteiger partial charge >= 0.3 is 0 Å². The normalized spacial score (nSPS) is 46.6. The van der Waals surface area contributed by atoms with E-state index in [1.165, 1.54) is 0 Å². The molecule has 3 rings (SSSR count). The molecular weight excluding hydrogens is 114 g/mol. The third-order valence-electron chi connectivity index (χ3n) is 2.68. The van der Waals surface area contributed by atoms with Gasteiger partial charge in [0, 0.05) is 0 Å². The molecule has 0 aromatic rings. The van der Waals surface area contributed by atoms with Crippen LogP contribution in [0.25, 0.3) is 0 Å². The molecule has 1 aliphatic carbocycles. The predicted octanol–water partition coefficient (Wildman–Crippen LogP) is 0.327. The van der Waals surface area contributed by atoms with Crippen LogP contribution >= 0.6 is 0 Å². The van der Waals surface area contributed by atoms with Gasteiger partial charge in [-0.25, -0.2) is 0 Å². The second kappa shape index (κ2) is 1.37. The number of rotatable bonds is 1. The van der Waals surface area contributed by atoms with Crippen LogP contribution in [0, 0.1) is 5.92 Å². The Hall–Kier alpha value is -0.370. The summed E-state index contributed by atoms with van der Waals surface area (Å²) in [6.45, 7) is 2.76.